The molecule has 1 rings (SSSR count). The lowest BCUT2D eigenvalue weighted by Gasteiger charge is -2.18. The van der Waals surface area contributed by atoms with Crippen molar-refractivity contribution >= 4 is 21.8 Å². The molecule has 0 heterocycles. The van der Waals surface area contributed by atoms with Gasteiger partial charge in [0.2, 0.25) is 15.9 Å². The molecule has 0 unspecified atom stereocenters. The maximum Gasteiger partial charge on any atom is 0.254 e. The van der Waals surface area contributed by atoms with Crippen molar-refractivity contribution in [1.82, 2.24) is 14.9 Å². The molecule has 2 N–H and O–H groups in total. The summed E-state index contributed by atoms with van der Waals surface area (Å²) in [7, 11) is -2.23. The van der Waals surface area contributed by atoms with Gasteiger partial charge in [0.05, 0.1) is 11.4 Å². The van der Waals surface area contributed by atoms with Crippen LogP contribution in [0.3, 0.4) is 0 Å². The molecular formula is C16H23N3O4S. The van der Waals surface area contributed by atoms with Gasteiger partial charge in [0.15, 0.2) is 0 Å². The number of benzene rings is 1. The van der Waals surface area contributed by atoms with E-state index in [0.717, 1.165) is 0 Å². The summed E-state index contributed by atoms with van der Waals surface area (Å²) in [5, 5.41) is 2.69. The second kappa shape index (κ2) is 8.60. The van der Waals surface area contributed by atoms with Crippen LogP contribution in [0.15, 0.2) is 41.8 Å². The smallest absolute Gasteiger partial charge is 0.254 e. The molecule has 0 bridgehead atoms. The van der Waals surface area contributed by atoms with E-state index in [1.54, 1.807) is 0 Å². The second-order valence-electron chi connectivity index (χ2n) is 5.55. The van der Waals surface area contributed by atoms with Crippen LogP contribution < -0.4 is 10.0 Å². The minimum absolute atomic E-state index is 0.0183. The Morgan fingerprint density at radius 1 is 1.33 bits per heavy atom. The number of amides is 2. The van der Waals surface area contributed by atoms with Gasteiger partial charge in [0.25, 0.3) is 5.91 Å². The molecule has 0 saturated carbocycles. The van der Waals surface area contributed by atoms with E-state index in [0.29, 0.717) is 0 Å². The normalized spacial score (nSPS) is 11.2. The van der Waals surface area contributed by atoms with Crippen LogP contribution in [0.1, 0.15) is 24.2 Å². The lowest BCUT2D eigenvalue weighted by atomic mass is 10.2. The number of likely N-dealkylation sites (N-methyl/N-ethyl adjacent to an activating group) is 1. The Labute approximate surface area is 142 Å². The molecule has 0 spiro atoms. The molecule has 7 nitrogen and oxygen atoms in total. The molecule has 1 aromatic rings. The molecule has 0 aromatic heterocycles. The first-order chi connectivity index (χ1) is 11.2. The number of rotatable bonds is 8. The summed E-state index contributed by atoms with van der Waals surface area (Å²) in [4.78, 5) is 25.3. The molecule has 0 aliphatic carbocycles. The van der Waals surface area contributed by atoms with Crippen molar-refractivity contribution < 1.29 is 18.0 Å². The maximum atomic E-state index is 12.4. The van der Waals surface area contributed by atoms with Crippen LogP contribution in [0.25, 0.3) is 0 Å². The third-order valence-electron chi connectivity index (χ3n) is 2.99. The molecular weight excluding hydrogens is 330 g/mol. The summed E-state index contributed by atoms with van der Waals surface area (Å²) < 4.78 is 26.5. The molecule has 24 heavy (non-hydrogen) atoms. The number of hydrogen-bond acceptors (Lipinski definition) is 4. The monoisotopic (exact) mass is 353 g/mol. The highest BCUT2D eigenvalue weighted by Crippen LogP contribution is 2.13. The first-order valence-electron chi connectivity index (χ1n) is 7.43. The number of carbonyl (C=O) groups excluding carboxylic acids is 2. The Hall–Kier alpha value is -2.19. The molecule has 8 heteroatoms. The van der Waals surface area contributed by atoms with Gasteiger partial charge in [-0.3, -0.25) is 9.59 Å². The van der Waals surface area contributed by atoms with Gasteiger partial charge in [0, 0.05) is 25.2 Å². The van der Waals surface area contributed by atoms with Gasteiger partial charge in [-0.25, -0.2) is 13.1 Å². The highest BCUT2D eigenvalue weighted by atomic mass is 32.2. The van der Waals surface area contributed by atoms with Crippen LogP contribution >= 0.6 is 0 Å². The number of nitrogens with one attached hydrogen (secondary N) is 2. The van der Waals surface area contributed by atoms with Crippen molar-refractivity contribution in [2.45, 2.75) is 24.8 Å². The quantitative estimate of drug-likeness (QED) is 0.674. The van der Waals surface area contributed by atoms with Gasteiger partial charge < -0.3 is 10.2 Å². The number of hydrogen-bond donors (Lipinski definition) is 2. The van der Waals surface area contributed by atoms with Crippen molar-refractivity contribution in [3.8, 4) is 0 Å². The van der Waals surface area contributed by atoms with Crippen molar-refractivity contribution in [1.29, 1.82) is 0 Å². The minimum atomic E-state index is -3.71. The number of carbonyl (C=O) groups is 2. The van der Waals surface area contributed by atoms with Crippen LogP contribution in [0.4, 0.5) is 0 Å². The Morgan fingerprint density at radius 3 is 2.58 bits per heavy atom. The zero-order valence-electron chi connectivity index (χ0n) is 14.1. The third-order valence-corrected chi connectivity index (χ3v) is 4.41. The van der Waals surface area contributed by atoms with Gasteiger partial charge in [-0.05, 0) is 32.0 Å². The van der Waals surface area contributed by atoms with E-state index in [1.807, 2.05) is 13.8 Å². The third kappa shape index (κ3) is 5.78. The Kier molecular flexibility index (Phi) is 7.12. The van der Waals surface area contributed by atoms with E-state index in [1.165, 1.54) is 42.3 Å². The summed E-state index contributed by atoms with van der Waals surface area (Å²) in [6, 6.07) is 5.65. The van der Waals surface area contributed by atoms with E-state index in [-0.39, 0.29) is 35.5 Å². The molecule has 0 radical (unpaired) electrons. The minimum Gasteiger partial charge on any atom is -0.352 e. The van der Waals surface area contributed by atoms with Crippen LogP contribution in [-0.4, -0.2) is 51.3 Å². The molecule has 0 saturated heterocycles. The first-order valence-corrected chi connectivity index (χ1v) is 8.91. The zero-order chi connectivity index (χ0) is 18.3. The maximum absolute atomic E-state index is 12.4. The van der Waals surface area contributed by atoms with Crippen molar-refractivity contribution in [3.63, 3.8) is 0 Å². The van der Waals surface area contributed by atoms with Crippen LogP contribution in [-0.2, 0) is 14.8 Å². The summed E-state index contributed by atoms with van der Waals surface area (Å²) in [5.41, 5.74) is 0.191. The van der Waals surface area contributed by atoms with Gasteiger partial charge in [0.1, 0.15) is 0 Å². The lowest BCUT2D eigenvalue weighted by molar-refractivity contribution is -0.122. The van der Waals surface area contributed by atoms with Gasteiger partial charge in [-0.15, -0.1) is 6.58 Å². The molecule has 0 fully saturated rings. The highest BCUT2D eigenvalue weighted by molar-refractivity contribution is 7.89. The fourth-order valence-electron chi connectivity index (χ4n) is 1.92. The van der Waals surface area contributed by atoms with E-state index in [2.05, 4.69) is 16.6 Å². The predicted octanol–water partition coefficient (Wildman–Crippen LogP) is 0.748. The Morgan fingerprint density at radius 2 is 2.00 bits per heavy atom. The largest absolute Gasteiger partial charge is 0.352 e. The van der Waals surface area contributed by atoms with Gasteiger partial charge in [-0.2, -0.15) is 0 Å². The molecule has 0 aliphatic rings. The Balaban J connectivity index is 2.90. The van der Waals surface area contributed by atoms with E-state index >= 15 is 0 Å². The van der Waals surface area contributed by atoms with E-state index < -0.39 is 15.9 Å². The van der Waals surface area contributed by atoms with Crippen molar-refractivity contribution in [2.24, 2.45) is 0 Å². The topological polar surface area (TPSA) is 95.6 Å². The van der Waals surface area contributed by atoms with Crippen molar-refractivity contribution in [3.05, 3.63) is 42.5 Å². The highest BCUT2D eigenvalue weighted by Gasteiger charge is 2.19. The molecule has 0 aliphatic heterocycles. The number of sulfonamides is 1. The van der Waals surface area contributed by atoms with Crippen LogP contribution in [0.5, 0.6) is 0 Å². The second-order valence-corrected chi connectivity index (χ2v) is 7.32. The van der Waals surface area contributed by atoms with Gasteiger partial charge >= 0.3 is 0 Å². The fourth-order valence-corrected chi connectivity index (χ4v) is 2.97. The van der Waals surface area contributed by atoms with Gasteiger partial charge in [-0.1, -0.05) is 12.1 Å². The standard InChI is InChI=1S/C16H23N3O4S/c1-5-9-17-24(22,23)14-8-6-7-13(10-14)16(21)19(4)11-15(20)18-12(2)3/h5-8,10,12,17H,1,9,11H2,2-4H3,(H,18,20). The molecule has 2 amide bonds. The predicted molar refractivity (Wildman–Crippen MR) is 92.1 cm³/mol. The average molecular weight is 353 g/mol. The van der Waals surface area contributed by atoms with Crippen molar-refractivity contribution in [2.75, 3.05) is 20.1 Å². The van der Waals surface area contributed by atoms with E-state index in [9.17, 15) is 18.0 Å². The molecule has 1 aromatic carbocycles. The summed E-state index contributed by atoms with van der Waals surface area (Å²) in [5.74, 6) is -0.716. The van der Waals surface area contributed by atoms with E-state index in [4.69, 9.17) is 0 Å². The average Bonchev–Trinajstić information content (AvgIpc) is 2.51. The van der Waals surface area contributed by atoms with Crippen LogP contribution in [0, 0.1) is 0 Å². The summed E-state index contributed by atoms with van der Waals surface area (Å²) in [6.45, 7) is 7.08. The zero-order valence-corrected chi connectivity index (χ0v) is 14.9. The lowest BCUT2D eigenvalue weighted by Crippen LogP contribution is -2.40. The fraction of sp³-hybridized carbons (Fsp3) is 0.375. The first kappa shape index (κ1) is 19.9. The molecule has 0 atom stereocenters. The molecule has 132 valence electrons. The summed E-state index contributed by atoms with van der Waals surface area (Å²) in [6.07, 6.45) is 1.42. The Bertz CT molecular complexity index is 714. The summed E-state index contributed by atoms with van der Waals surface area (Å²) >= 11 is 0. The SMILES string of the molecule is C=CCNS(=O)(=O)c1cccc(C(=O)N(C)CC(=O)NC(C)C)c1. The van der Waals surface area contributed by atoms with Crippen LogP contribution in [0.2, 0.25) is 0 Å². The number of nitrogens with zero attached hydrogens (tertiary/aromatic N) is 1.